The number of carbonyl (C=O) groups is 1. The molecule has 0 saturated heterocycles. The number of hydrogen-bond acceptors (Lipinski definition) is 1. The van der Waals surface area contributed by atoms with Gasteiger partial charge in [-0.25, -0.2) is 0 Å². The first-order valence-electron chi connectivity index (χ1n) is 7.81. The maximum absolute atomic E-state index is 11.4. The molecule has 1 aromatic rings. The molecule has 1 saturated carbocycles. The second kappa shape index (κ2) is 6.17. The van der Waals surface area contributed by atoms with Gasteiger partial charge in [0.05, 0.1) is 11.8 Å². The topological polar surface area (TPSA) is 29.1 Å². The molecule has 1 N–H and O–H groups in total. The van der Waals surface area contributed by atoms with Gasteiger partial charge < -0.3 is 5.32 Å². The van der Waals surface area contributed by atoms with E-state index in [1.807, 2.05) is 6.07 Å². The summed E-state index contributed by atoms with van der Waals surface area (Å²) in [7, 11) is 0. The summed E-state index contributed by atoms with van der Waals surface area (Å²) in [6, 6.07) is 6.22. The molecule has 1 aromatic carbocycles. The lowest BCUT2D eigenvalue weighted by atomic mass is 9.86. The lowest BCUT2D eigenvalue weighted by molar-refractivity contribution is -0.115. The van der Waals surface area contributed by atoms with Gasteiger partial charge in [-0.15, -0.1) is 11.6 Å². The van der Waals surface area contributed by atoms with Gasteiger partial charge >= 0.3 is 0 Å². The smallest absolute Gasteiger partial charge is 0.228 e. The fourth-order valence-corrected chi connectivity index (χ4v) is 3.86. The fraction of sp³-hybridized carbons (Fsp3) is 0.588. The van der Waals surface area contributed by atoms with Crippen molar-refractivity contribution in [1.82, 2.24) is 0 Å². The highest BCUT2D eigenvalue weighted by molar-refractivity contribution is 6.21. The summed E-state index contributed by atoms with van der Waals surface area (Å²) >= 11 is 6.74. The molecule has 1 aliphatic heterocycles. The average Bonchev–Trinajstić information content (AvgIpc) is 2.76. The molecule has 1 atom stereocenters. The Morgan fingerprint density at radius 1 is 1.10 bits per heavy atom. The van der Waals surface area contributed by atoms with Crippen LogP contribution in [0.5, 0.6) is 0 Å². The van der Waals surface area contributed by atoms with Crippen LogP contribution in [0.2, 0.25) is 0 Å². The van der Waals surface area contributed by atoms with Crippen molar-refractivity contribution in [3.8, 4) is 0 Å². The van der Waals surface area contributed by atoms with Crippen molar-refractivity contribution >= 4 is 23.2 Å². The number of fused-ring (bicyclic) bond motifs is 1. The van der Waals surface area contributed by atoms with Crippen molar-refractivity contribution in [1.29, 1.82) is 0 Å². The van der Waals surface area contributed by atoms with Crippen molar-refractivity contribution < 1.29 is 4.79 Å². The zero-order chi connectivity index (χ0) is 13.9. The summed E-state index contributed by atoms with van der Waals surface area (Å²) in [5.41, 5.74) is 3.25. The van der Waals surface area contributed by atoms with Crippen molar-refractivity contribution in [3.63, 3.8) is 0 Å². The first kappa shape index (κ1) is 13.9. The number of nitrogens with one attached hydrogen (secondary N) is 1. The third-order valence-electron chi connectivity index (χ3n) is 4.64. The molecule has 0 radical (unpaired) electrons. The number of amides is 1. The summed E-state index contributed by atoms with van der Waals surface area (Å²) in [6.45, 7) is 0. The van der Waals surface area contributed by atoms with Gasteiger partial charge in [0.2, 0.25) is 5.91 Å². The van der Waals surface area contributed by atoms with E-state index in [-0.39, 0.29) is 11.3 Å². The van der Waals surface area contributed by atoms with E-state index in [2.05, 4.69) is 17.4 Å². The number of carbonyl (C=O) groups excluding carboxylic acids is 1. The summed E-state index contributed by atoms with van der Waals surface area (Å²) in [5, 5.41) is 2.97. The first-order chi connectivity index (χ1) is 9.74. The molecule has 3 heteroatoms. The van der Waals surface area contributed by atoms with Gasteiger partial charge in [-0.3, -0.25) is 4.79 Å². The van der Waals surface area contributed by atoms with Crippen molar-refractivity contribution in [2.75, 3.05) is 5.32 Å². The lowest BCUT2D eigenvalue weighted by Crippen LogP contribution is -2.10. The van der Waals surface area contributed by atoms with Crippen LogP contribution in [0.3, 0.4) is 0 Å². The second-order valence-corrected chi connectivity index (χ2v) is 6.62. The van der Waals surface area contributed by atoms with E-state index in [1.165, 1.54) is 50.5 Å². The highest BCUT2D eigenvalue weighted by Gasteiger charge is 2.24. The van der Waals surface area contributed by atoms with Crippen LogP contribution in [-0.4, -0.2) is 5.91 Å². The van der Waals surface area contributed by atoms with Crippen LogP contribution in [-0.2, 0) is 11.2 Å². The minimum absolute atomic E-state index is 0.0918. The lowest BCUT2D eigenvalue weighted by Gasteiger charge is -2.25. The molecule has 2 aliphatic rings. The van der Waals surface area contributed by atoms with Gasteiger partial charge in [-0.2, -0.15) is 0 Å². The third-order valence-corrected chi connectivity index (χ3v) is 5.24. The van der Waals surface area contributed by atoms with Gasteiger partial charge in [-0.05, 0) is 36.0 Å². The average molecular weight is 292 g/mol. The van der Waals surface area contributed by atoms with E-state index in [9.17, 15) is 4.79 Å². The molecule has 20 heavy (non-hydrogen) atoms. The summed E-state index contributed by atoms with van der Waals surface area (Å²) in [5.74, 6) is 0.675. The van der Waals surface area contributed by atoms with Gasteiger partial charge in [0.15, 0.2) is 0 Å². The maximum atomic E-state index is 11.4. The number of rotatable bonds is 2. The Kier molecular flexibility index (Phi) is 4.30. The molecule has 0 bridgehead atoms. The quantitative estimate of drug-likeness (QED) is 0.778. The molecule has 0 aromatic heterocycles. The number of alkyl halides is 1. The summed E-state index contributed by atoms with van der Waals surface area (Å²) in [6.07, 6.45) is 9.66. The maximum Gasteiger partial charge on any atom is 0.228 e. The Balaban J connectivity index is 1.74. The molecule has 1 heterocycles. The largest absolute Gasteiger partial charge is 0.326 e. The van der Waals surface area contributed by atoms with E-state index in [4.69, 9.17) is 11.6 Å². The van der Waals surface area contributed by atoms with E-state index < -0.39 is 0 Å². The molecule has 1 fully saturated rings. The molecular weight excluding hydrogens is 270 g/mol. The highest BCUT2D eigenvalue weighted by atomic mass is 35.5. The SMILES string of the molecule is O=C1Cc2cc(C(Cl)C3CCCCCCC3)ccc2N1. The molecule has 1 amide bonds. The molecule has 108 valence electrons. The fourth-order valence-electron chi connectivity index (χ4n) is 3.47. The van der Waals surface area contributed by atoms with Crippen LogP contribution in [0.15, 0.2) is 18.2 Å². The van der Waals surface area contributed by atoms with Crippen LogP contribution >= 0.6 is 11.6 Å². The van der Waals surface area contributed by atoms with Crippen LogP contribution in [0.4, 0.5) is 5.69 Å². The van der Waals surface area contributed by atoms with Crippen LogP contribution in [0.25, 0.3) is 0 Å². The number of halogens is 1. The Morgan fingerprint density at radius 2 is 1.80 bits per heavy atom. The second-order valence-electron chi connectivity index (χ2n) is 6.15. The normalized spacial score (nSPS) is 21.8. The van der Waals surface area contributed by atoms with E-state index in [1.54, 1.807) is 0 Å². The van der Waals surface area contributed by atoms with Crippen LogP contribution < -0.4 is 5.32 Å². The Hall–Kier alpha value is -1.02. The minimum atomic E-state index is 0.0918. The van der Waals surface area contributed by atoms with E-state index >= 15 is 0 Å². The van der Waals surface area contributed by atoms with Gasteiger partial charge in [-0.1, -0.05) is 44.2 Å². The number of hydrogen-bond donors (Lipinski definition) is 1. The molecule has 0 spiro atoms. The van der Waals surface area contributed by atoms with Crippen molar-refractivity contribution in [2.45, 2.75) is 56.7 Å². The van der Waals surface area contributed by atoms with Gasteiger partial charge in [0.25, 0.3) is 0 Å². The van der Waals surface area contributed by atoms with Gasteiger partial charge in [0, 0.05) is 5.69 Å². The predicted molar refractivity (Wildman–Crippen MR) is 83.2 cm³/mol. The molecule has 2 nitrogen and oxygen atoms in total. The molecule has 1 aliphatic carbocycles. The Morgan fingerprint density at radius 3 is 2.55 bits per heavy atom. The zero-order valence-electron chi connectivity index (χ0n) is 11.8. The molecule has 3 rings (SSSR count). The van der Waals surface area contributed by atoms with Crippen LogP contribution in [0, 0.1) is 5.92 Å². The molecule has 1 unspecified atom stereocenters. The Bertz CT molecular complexity index is 492. The molecular formula is C17H22ClNO. The number of benzene rings is 1. The summed E-state index contributed by atoms with van der Waals surface area (Å²) < 4.78 is 0. The Labute approximate surface area is 125 Å². The minimum Gasteiger partial charge on any atom is -0.326 e. The van der Waals surface area contributed by atoms with Crippen molar-refractivity contribution in [3.05, 3.63) is 29.3 Å². The zero-order valence-corrected chi connectivity index (χ0v) is 12.6. The van der Waals surface area contributed by atoms with E-state index in [0.717, 1.165) is 11.3 Å². The highest BCUT2D eigenvalue weighted by Crippen LogP contribution is 2.39. The van der Waals surface area contributed by atoms with Gasteiger partial charge in [0.1, 0.15) is 0 Å². The van der Waals surface area contributed by atoms with Crippen LogP contribution in [0.1, 0.15) is 61.4 Å². The third kappa shape index (κ3) is 3.01. The predicted octanol–water partition coefficient (Wildman–Crippen LogP) is 4.82. The van der Waals surface area contributed by atoms with E-state index in [0.29, 0.717) is 12.3 Å². The summed E-state index contributed by atoms with van der Waals surface area (Å²) in [4.78, 5) is 11.4. The van der Waals surface area contributed by atoms with Crippen molar-refractivity contribution in [2.24, 2.45) is 5.92 Å². The first-order valence-corrected chi connectivity index (χ1v) is 8.24. The number of anilines is 1. The standard InChI is InChI=1S/C17H22ClNO/c18-17(12-6-4-2-1-3-5-7-12)13-8-9-15-14(10-13)11-16(20)19-15/h8-10,12,17H,1-7,11H2,(H,19,20). The monoisotopic (exact) mass is 291 g/mol.